The van der Waals surface area contributed by atoms with Gasteiger partial charge in [-0.1, -0.05) is 30.2 Å². The molecule has 2 fully saturated rings. The zero-order valence-corrected chi connectivity index (χ0v) is 11.6. The van der Waals surface area contributed by atoms with Crippen LogP contribution in [0.2, 0.25) is 5.02 Å². The SMILES string of the molecule is O=C(O)[C@@]12CCC[C@H]1CN(Cc1cccc(Cl)c1)C2. The van der Waals surface area contributed by atoms with Gasteiger partial charge in [0.2, 0.25) is 0 Å². The van der Waals surface area contributed by atoms with Crippen LogP contribution in [-0.2, 0) is 11.3 Å². The summed E-state index contributed by atoms with van der Waals surface area (Å²) >= 11 is 5.99. The highest BCUT2D eigenvalue weighted by atomic mass is 35.5. The van der Waals surface area contributed by atoms with Crippen LogP contribution in [0.4, 0.5) is 0 Å². The van der Waals surface area contributed by atoms with E-state index in [2.05, 4.69) is 4.90 Å². The molecule has 1 N–H and O–H groups in total. The number of benzene rings is 1. The van der Waals surface area contributed by atoms with E-state index in [4.69, 9.17) is 11.6 Å². The molecule has 0 bridgehead atoms. The monoisotopic (exact) mass is 279 g/mol. The maximum Gasteiger partial charge on any atom is 0.311 e. The average Bonchev–Trinajstić information content (AvgIpc) is 2.86. The lowest BCUT2D eigenvalue weighted by molar-refractivity contribution is -0.149. The number of hydrogen-bond donors (Lipinski definition) is 1. The Kier molecular flexibility index (Phi) is 3.27. The molecular formula is C15H18ClNO2. The standard InChI is InChI=1S/C15H18ClNO2/c16-13-5-1-3-11(7-13)8-17-9-12-4-2-6-15(12,10-17)14(18)19/h1,3,5,7,12H,2,4,6,8-10H2,(H,18,19)/t12-,15+/m0/s1. The first-order chi connectivity index (χ1) is 9.10. The first kappa shape index (κ1) is 12.9. The van der Waals surface area contributed by atoms with Gasteiger partial charge >= 0.3 is 5.97 Å². The molecule has 0 unspecified atom stereocenters. The molecule has 3 rings (SSSR count). The van der Waals surface area contributed by atoms with Crippen molar-refractivity contribution >= 4 is 17.6 Å². The summed E-state index contributed by atoms with van der Waals surface area (Å²) in [6.45, 7) is 2.38. The number of carboxylic acid groups (broad SMARTS) is 1. The van der Waals surface area contributed by atoms with Crippen LogP contribution >= 0.6 is 11.6 Å². The van der Waals surface area contributed by atoms with Crippen LogP contribution in [0.1, 0.15) is 24.8 Å². The van der Waals surface area contributed by atoms with E-state index in [0.717, 1.165) is 42.9 Å². The van der Waals surface area contributed by atoms with Gasteiger partial charge in [-0.05, 0) is 36.5 Å². The van der Waals surface area contributed by atoms with Gasteiger partial charge in [-0.3, -0.25) is 9.69 Å². The molecule has 2 atom stereocenters. The van der Waals surface area contributed by atoms with Crippen molar-refractivity contribution in [3.63, 3.8) is 0 Å². The maximum absolute atomic E-state index is 11.6. The lowest BCUT2D eigenvalue weighted by atomic mass is 9.81. The van der Waals surface area contributed by atoms with Crippen molar-refractivity contribution in [2.75, 3.05) is 13.1 Å². The highest BCUT2D eigenvalue weighted by Crippen LogP contribution is 2.49. The molecule has 102 valence electrons. The molecule has 3 nitrogen and oxygen atoms in total. The van der Waals surface area contributed by atoms with Crippen LogP contribution in [0.25, 0.3) is 0 Å². The Balaban J connectivity index is 1.74. The van der Waals surface area contributed by atoms with Crippen molar-refractivity contribution < 1.29 is 9.90 Å². The zero-order chi connectivity index (χ0) is 13.5. The average molecular weight is 280 g/mol. The van der Waals surface area contributed by atoms with Crippen molar-refractivity contribution in [2.45, 2.75) is 25.8 Å². The van der Waals surface area contributed by atoms with Gasteiger partial charge in [-0.15, -0.1) is 0 Å². The fourth-order valence-electron chi connectivity index (χ4n) is 3.76. The predicted octanol–water partition coefficient (Wildman–Crippen LogP) is 3.03. The fourth-order valence-corrected chi connectivity index (χ4v) is 3.97. The van der Waals surface area contributed by atoms with Crippen LogP contribution in [0.5, 0.6) is 0 Å². The third-order valence-corrected chi connectivity index (χ3v) is 4.90. The molecular weight excluding hydrogens is 262 g/mol. The minimum Gasteiger partial charge on any atom is -0.481 e. The highest BCUT2D eigenvalue weighted by Gasteiger charge is 2.54. The molecule has 1 saturated carbocycles. The van der Waals surface area contributed by atoms with Gasteiger partial charge in [-0.25, -0.2) is 0 Å². The summed E-state index contributed by atoms with van der Waals surface area (Å²) in [4.78, 5) is 13.9. The van der Waals surface area contributed by atoms with Gasteiger partial charge in [0, 0.05) is 24.7 Å². The molecule has 1 heterocycles. The first-order valence-electron chi connectivity index (χ1n) is 6.80. The minimum absolute atomic E-state index is 0.323. The Morgan fingerprint density at radius 2 is 2.37 bits per heavy atom. The molecule has 19 heavy (non-hydrogen) atoms. The summed E-state index contributed by atoms with van der Waals surface area (Å²) in [7, 11) is 0. The van der Waals surface area contributed by atoms with Gasteiger partial charge in [0.25, 0.3) is 0 Å². The molecule has 1 aromatic rings. The minimum atomic E-state index is -0.608. The van der Waals surface area contributed by atoms with Gasteiger partial charge in [-0.2, -0.15) is 0 Å². The van der Waals surface area contributed by atoms with E-state index in [-0.39, 0.29) is 0 Å². The second kappa shape index (κ2) is 4.80. The molecule has 2 aliphatic rings. The first-order valence-corrected chi connectivity index (χ1v) is 7.18. The van der Waals surface area contributed by atoms with E-state index in [1.165, 1.54) is 0 Å². The molecule has 1 aliphatic heterocycles. The molecule has 0 radical (unpaired) electrons. The molecule has 1 saturated heterocycles. The van der Waals surface area contributed by atoms with Gasteiger partial charge in [0.1, 0.15) is 0 Å². The largest absolute Gasteiger partial charge is 0.481 e. The Bertz CT molecular complexity index is 505. The Morgan fingerprint density at radius 3 is 3.05 bits per heavy atom. The third kappa shape index (κ3) is 2.26. The maximum atomic E-state index is 11.6. The van der Waals surface area contributed by atoms with Crippen LogP contribution in [0.15, 0.2) is 24.3 Å². The van der Waals surface area contributed by atoms with Crippen LogP contribution in [0, 0.1) is 11.3 Å². The highest BCUT2D eigenvalue weighted by molar-refractivity contribution is 6.30. The van der Waals surface area contributed by atoms with Crippen molar-refractivity contribution in [3.05, 3.63) is 34.9 Å². The molecule has 1 aliphatic carbocycles. The van der Waals surface area contributed by atoms with Crippen LogP contribution in [-0.4, -0.2) is 29.1 Å². The lowest BCUT2D eigenvalue weighted by Crippen LogP contribution is -2.35. The van der Waals surface area contributed by atoms with Crippen LogP contribution in [0.3, 0.4) is 0 Å². The van der Waals surface area contributed by atoms with Crippen LogP contribution < -0.4 is 0 Å². The summed E-state index contributed by atoms with van der Waals surface area (Å²) < 4.78 is 0. The van der Waals surface area contributed by atoms with E-state index < -0.39 is 11.4 Å². The molecule has 4 heteroatoms. The fraction of sp³-hybridized carbons (Fsp3) is 0.533. The zero-order valence-electron chi connectivity index (χ0n) is 10.8. The number of hydrogen-bond acceptors (Lipinski definition) is 2. The van der Waals surface area contributed by atoms with Gasteiger partial charge in [0.15, 0.2) is 0 Å². The number of aliphatic carboxylic acids is 1. The number of halogens is 1. The molecule has 0 spiro atoms. The lowest BCUT2D eigenvalue weighted by Gasteiger charge is -2.23. The van der Waals surface area contributed by atoms with E-state index in [1.807, 2.05) is 24.3 Å². The van der Waals surface area contributed by atoms with E-state index >= 15 is 0 Å². The van der Waals surface area contributed by atoms with Gasteiger partial charge in [0.05, 0.1) is 5.41 Å². The molecule has 1 aromatic carbocycles. The summed E-state index contributed by atoms with van der Waals surface area (Å²) in [6, 6.07) is 7.82. The van der Waals surface area contributed by atoms with E-state index in [9.17, 15) is 9.90 Å². The van der Waals surface area contributed by atoms with E-state index in [0.29, 0.717) is 12.5 Å². The summed E-state index contributed by atoms with van der Waals surface area (Å²) in [5.74, 6) is -0.284. The number of fused-ring (bicyclic) bond motifs is 1. The Labute approximate surface area is 118 Å². The Morgan fingerprint density at radius 1 is 1.53 bits per heavy atom. The number of nitrogens with zero attached hydrogens (tertiary/aromatic N) is 1. The summed E-state index contributed by atoms with van der Waals surface area (Å²) in [6.07, 6.45) is 2.94. The smallest absolute Gasteiger partial charge is 0.311 e. The van der Waals surface area contributed by atoms with Crippen molar-refractivity contribution in [2.24, 2.45) is 11.3 Å². The topological polar surface area (TPSA) is 40.5 Å². The Hall–Kier alpha value is -1.06. The van der Waals surface area contributed by atoms with Crippen molar-refractivity contribution in [1.29, 1.82) is 0 Å². The summed E-state index contributed by atoms with van der Waals surface area (Å²) in [5, 5.41) is 10.3. The normalized spacial score (nSPS) is 30.5. The number of carbonyl (C=O) groups is 1. The van der Waals surface area contributed by atoms with Gasteiger partial charge < -0.3 is 5.11 Å². The second-order valence-electron chi connectivity index (χ2n) is 5.85. The summed E-state index contributed by atoms with van der Waals surface area (Å²) in [5.41, 5.74) is 0.673. The third-order valence-electron chi connectivity index (χ3n) is 4.66. The quantitative estimate of drug-likeness (QED) is 0.925. The van der Waals surface area contributed by atoms with E-state index in [1.54, 1.807) is 0 Å². The second-order valence-corrected chi connectivity index (χ2v) is 6.29. The molecule has 0 aromatic heterocycles. The molecule has 0 amide bonds. The predicted molar refractivity (Wildman–Crippen MR) is 74.1 cm³/mol. The van der Waals surface area contributed by atoms with Crippen molar-refractivity contribution in [1.82, 2.24) is 4.90 Å². The number of likely N-dealkylation sites (tertiary alicyclic amines) is 1. The van der Waals surface area contributed by atoms with Crippen molar-refractivity contribution in [3.8, 4) is 0 Å². The number of rotatable bonds is 3. The number of carboxylic acids is 1.